The van der Waals surface area contributed by atoms with E-state index in [4.69, 9.17) is 5.11 Å². The summed E-state index contributed by atoms with van der Waals surface area (Å²) in [6, 6.07) is 8.18. The van der Waals surface area contributed by atoms with Gasteiger partial charge in [0.15, 0.2) is 0 Å². The molecule has 2 rings (SSSR count). The summed E-state index contributed by atoms with van der Waals surface area (Å²) in [5, 5.41) is 12.3. The van der Waals surface area contributed by atoms with Crippen LogP contribution in [0.1, 0.15) is 51.2 Å². The van der Waals surface area contributed by atoms with Crippen LogP contribution in [-0.4, -0.2) is 24.2 Å². The molecule has 0 unspecified atom stereocenters. The van der Waals surface area contributed by atoms with E-state index in [-0.39, 0.29) is 18.4 Å². The Morgan fingerprint density at radius 1 is 1.21 bits per heavy atom. The van der Waals surface area contributed by atoms with E-state index in [1.54, 1.807) is 0 Å². The van der Waals surface area contributed by atoms with Gasteiger partial charge in [0.2, 0.25) is 5.91 Å². The summed E-state index contributed by atoms with van der Waals surface area (Å²) in [6.07, 6.45) is 4.96. The number of carbonyl (C=O) groups excluding carboxylic acids is 1. The van der Waals surface area contributed by atoms with Crippen LogP contribution in [0, 0.1) is 23.7 Å². The minimum Gasteiger partial charge on any atom is -0.396 e. The van der Waals surface area contributed by atoms with Gasteiger partial charge in [-0.2, -0.15) is 0 Å². The van der Waals surface area contributed by atoms with Gasteiger partial charge in [-0.25, -0.2) is 0 Å². The number of carbonyl (C=O) groups is 1. The summed E-state index contributed by atoms with van der Waals surface area (Å²) < 4.78 is 0. The van der Waals surface area contributed by atoms with Crippen LogP contribution < -0.4 is 5.32 Å². The summed E-state index contributed by atoms with van der Waals surface area (Å²) in [6.45, 7) is 7.59. The van der Waals surface area contributed by atoms with E-state index in [1.165, 1.54) is 24.0 Å². The van der Waals surface area contributed by atoms with E-state index in [0.717, 1.165) is 12.8 Å². The largest absolute Gasteiger partial charge is 0.396 e. The first-order valence-corrected chi connectivity index (χ1v) is 9.48. The number of hydrogen-bond acceptors (Lipinski definition) is 2. The minimum atomic E-state index is 0.166. The zero-order valence-electron chi connectivity index (χ0n) is 15.4. The predicted molar refractivity (Wildman–Crippen MR) is 98.8 cm³/mol. The lowest BCUT2D eigenvalue weighted by Crippen LogP contribution is -2.40. The topological polar surface area (TPSA) is 49.3 Å². The fourth-order valence-electron chi connectivity index (χ4n) is 4.12. The Hall–Kier alpha value is -1.35. The van der Waals surface area contributed by atoms with Gasteiger partial charge in [-0.3, -0.25) is 4.79 Å². The first-order valence-electron chi connectivity index (χ1n) is 9.48. The highest BCUT2D eigenvalue weighted by Crippen LogP contribution is 2.38. The normalized spacial score (nSPS) is 24.1. The second kappa shape index (κ2) is 9.22. The molecule has 1 aromatic rings. The van der Waals surface area contributed by atoms with Crippen LogP contribution in [-0.2, 0) is 17.6 Å². The number of aliphatic hydroxyl groups is 1. The Balaban J connectivity index is 1.90. The van der Waals surface area contributed by atoms with Crippen LogP contribution in [0.5, 0.6) is 0 Å². The van der Waals surface area contributed by atoms with Crippen molar-refractivity contribution in [3.63, 3.8) is 0 Å². The van der Waals surface area contributed by atoms with E-state index in [2.05, 4.69) is 38.2 Å². The molecule has 1 aliphatic rings. The third-order valence-electron chi connectivity index (χ3n) is 5.55. The molecular weight excluding hydrogens is 298 g/mol. The van der Waals surface area contributed by atoms with Gasteiger partial charge in [-0.1, -0.05) is 51.5 Å². The first-order chi connectivity index (χ1) is 11.5. The molecule has 2 N–H and O–H groups in total. The number of nitrogens with one attached hydrogen (secondary N) is 1. The van der Waals surface area contributed by atoms with Crippen molar-refractivity contribution >= 4 is 5.91 Å². The van der Waals surface area contributed by atoms with Gasteiger partial charge in [0.1, 0.15) is 0 Å². The van der Waals surface area contributed by atoms with Gasteiger partial charge in [-0.15, -0.1) is 0 Å². The Bertz CT molecular complexity index is 526. The van der Waals surface area contributed by atoms with Gasteiger partial charge in [0, 0.05) is 19.1 Å². The smallest absolute Gasteiger partial charge is 0.223 e. The highest BCUT2D eigenvalue weighted by atomic mass is 16.3. The maximum Gasteiger partial charge on any atom is 0.223 e. The molecule has 1 saturated carbocycles. The number of rotatable bonds is 7. The van der Waals surface area contributed by atoms with Gasteiger partial charge >= 0.3 is 0 Å². The van der Waals surface area contributed by atoms with Crippen LogP contribution in [0.2, 0.25) is 0 Å². The lowest BCUT2D eigenvalue weighted by molar-refractivity contribution is -0.129. The van der Waals surface area contributed by atoms with Crippen molar-refractivity contribution in [2.45, 2.75) is 52.9 Å². The van der Waals surface area contributed by atoms with Crippen molar-refractivity contribution in [1.29, 1.82) is 0 Å². The third-order valence-corrected chi connectivity index (χ3v) is 5.55. The van der Waals surface area contributed by atoms with E-state index in [1.807, 2.05) is 12.1 Å². The molecule has 3 atom stereocenters. The summed E-state index contributed by atoms with van der Waals surface area (Å²) in [5.41, 5.74) is 2.41. The molecule has 0 spiro atoms. The lowest BCUT2D eigenvalue weighted by atomic mass is 9.70. The monoisotopic (exact) mass is 331 g/mol. The Morgan fingerprint density at radius 2 is 1.88 bits per heavy atom. The molecule has 134 valence electrons. The molecule has 0 bridgehead atoms. The molecule has 1 aliphatic carbocycles. The highest BCUT2D eigenvalue weighted by Gasteiger charge is 2.35. The molecule has 24 heavy (non-hydrogen) atoms. The van der Waals surface area contributed by atoms with Gasteiger partial charge in [0.25, 0.3) is 0 Å². The number of hydrogen-bond donors (Lipinski definition) is 2. The van der Waals surface area contributed by atoms with Crippen LogP contribution in [0.3, 0.4) is 0 Å². The van der Waals surface area contributed by atoms with Crippen molar-refractivity contribution in [2.75, 3.05) is 13.2 Å². The average molecular weight is 332 g/mol. The minimum absolute atomic E-state index is 0.166. The first kappa shape index (κ1) is 19.0. The highest BCUT2D eigenvalue weighted by molar-refractivity contribution is 5.79. The van der Waals surface area contributed by atoms with Gasteiger partial charge in [-0.05, 0) is 54.6 Å². The number of benzene rings is 1. The van der Waals surface area contributed by atoms with E-state index >= 15 is 0 Å². The SMILES string of the molecule is CC(C)[C@@H]1CC[C@@H](C)C[C@H]1C(=O)NCCc1ccccc1CCO. The predicted octanol–water partition coefficient (Wildman–Crippen LogP) is 3.59. The summed E-state index contributed by atoms with van der Waals surface area (Å²) in [5.74, 6) is 2.14. The van der Waals surface area contributed by atoms with Crippen LogP contribution in [0.25, 0.3) is 0 Å². The van der Waals surface area contributed by atoms with Crippen molar-refractivity contribution < 1.29 is 9.90 Å². The summed E-state index contributed by atoms with van der Waals surface area (Å²) in [7, 11) is 0. The summed E-state index contributed by atoms with van der Waals surface area (Å²) in [4.78, 5) is 12.7. The second-order valence-electron chi connectivity index (χ2n) is 7.72. The van der Waals surface area contributed by atoms with Crippen LogP contribution >= 0.6 is 0 Å². The molecule has 3 heteroatoms. The van der Waals surface area contributed by atoms with Gasteiger partial charge < -0.3 is 10.4 Å². The molecular formula is C21H33NO2. The fourth-order valence-corrected chi connectivity index (χ4v) is 4.12. The van der Waals surface area contributed by atoms with Gasteiger partial charge in [0.05, 0.1) is 0 Å². The molecule has 0 heterocycles. The van der Waals surface area contributed by atoms with Crippen molar-refractivity contribution in [1.82, 2.24) is 5.32 Å². The molecule has 0 saturated heterocycles. The van der Waals surface area contributed by atoms with E-state index < -0.39 is 0 Å². The average Bonchev–Trinajstić information content (AvgIpc) is 2.56. The maximum atomic E-state index is 12.7. The molecule has 0 aromatic heterocycles. The Kier molecular flexibility index (Phi) is 7.29. The molecule has 1 amide bonds. The zero-order chi connectivity index (χ0) is 17.5. The Labute approximate surface area is 146 Å². The quantitative estimate of drug-likeness (QED) is 0.802. The van der Waals surface area contributed by atoms with E-state index in [0.29, 0.717) is 30.7 Å². The third kappa shape index (κ3) is 5.07. The fraction of sp³-hybridized carbons (Fsp3) is 0.667. The molecule has 1 aromatic carbocycles. The number of aliphatic hydroxyl groups excluding tert-OH is 1. The van der Waals surface area contributed by atoms with Crippen molar-refractivity contribution in [2.24, 2.45) is 23.7 Å². The van der Waals surface area contributed by atoms with Crippen LogP contribution in [0.4, 0.5) is 0 Å². The zero-order valence-corrected chi connectivity index (χ0v) is 15.4. The Morgan fingerprint density at radius 3 is 2.50 bits per heavy atom. The molecule has 3 nitrogen and oxygen atoms in total. The van der Waals surface area contributed by atoms with Crippen LogP contribution in [0.15, 0.2) is 24.3 Å². The maximum absolute atomic E-state index is 12.7. The molecule has 1 fully saturated rings. The van der Waals surface area contributed by atoms with E-state index in [9.17, 15) is 4.79 Å². The lowest BCUT2D eigenvalue weighted by Gasteiger charge is -2.36. The summed E-state index contributed by atoms with van der Waals surface area (Å²) >= 11 is 0. The van der Waals surface area contributed by atoms with Crippen molar-refractivity contribution in [3.05, 3.63) is 35.4 Å². The second-order valence-corrected chi connectivity index (χ2v) is 7.72. The standard InChI is InChI=1S/C21H33NO2/c1-15(2)19-9-8-16(3)14-20(19)21(24)22-12-10-17-6-4-5-7-18(17)11-13-23/h4-7,15-16,19-20,23H,8-14H2,1-3H3,(H,22,24)/t16-,19+,20-/m1/s1. The number of amides is 1. The molecule has 0 aliphatic heterocycles. The van der Waals surface area contributed by atoms with Crippen molar-refractivity contribution in [3.8, 4) is 0 Å². The molecule has 0 radical (unpaired) electrons.